The molecule has 0 heterocycles. The van der Waals surface area contributed by atoms with Crippen LogP contribution >= 0.6 is 0 Å². The standard InChI is InChI=1S/C14H30O2Si/c1-7-15-12-8-10-13(11-9-12)16-17(5,6)14(2,3)4/h12-13H,7-11H2,1-6H3. The van der Waals surface area contributed by atoms with Crippen LogP contribution in [0.25, 0.3) is 0 Å². The van der Waals surface area contributed by atoms with Gasteiger partial charge in [0.25, 0.3) is 0 Å². The fourth-order valence-electron chi connectivity index (χ4n) is 2.15. The van der Waals surface area contributed by atoms with Crippen LogP contribution in [0.2, 0.25) is 18.1 Å². The fraction of sp³-hybridized carbons (Fsp3) is 1.00. The van der Waals surface area contributed by atoms with Crippen molar-refractivity contribution in [3.05, 3.63) is 0 Å². The molecule has 3 heteroatoms. The molecule has 0 bridgehead atoms. The van der Waals surface area contributed by atoms with E-state index in [2.05, 4.69) is 40.8 Å². The molecular weight excluding hydrogens is 228 g/mol. The van der Waals surface area contributed by atoms with E-state index in [0.29, 0.717) is 17.2 Å². The molecular formula is C14H30O2Si. The highest BCUT2D eigenvalue weighted by Gasteiger charge is 2.39. The zero-order valence-electron chi connectivity index (χ0n) is 12.5. The Labute approximate surface area is 108 Å². The van der Waals surface area contributed by atoms with Gasteiger partial charge in [0.2, 0.25) is 0 Å². The lowest BCUT2D eigenvalue weighted by atomic mass is 9.95. The van der Waals surface area contributed by atoms with Crippen molar-refractivity contribution in [2.24, 2.45) is 0 Å². The fourth-order valence-corrected chi connectivity index (χ4v) is 3.57. The summed E-state index contributed by atoms with van der Waals surface area (Å²) in [6.45, 7) is 14.6. The predicted molar refractivity (Wildman–Crippen MR) is 76.0 cm³/mol. The molecule has 2 nitrogen and oxygen atoms in total. The van der Waals surface area contributed by atoms with Gasteiger partial charge in [0.15, 0.2) is 8.32 Å². The minimum absolute atomic E-state index is 0.323. The van der Waals surface area contributed by atoms with Gasteiger partial charge in [-0.2, -0.15) is 0 Å². The molecule has 0 spiro atoms. The van der Waals surface area contributed by atoms with Crippen LogP contribution < -0.4 is 0 Å². The van der Waals surface area contributed by atoms with Gasteiger partial charge in [-0.15, -0.1) is 0 Å². The Morgan fingerprint density at radius 3 is 1.88 bits per heavy atom. The maximum atomic E-state index is 6.45. The summed E-state index contributed by atoms with van der Waals surface area (Å²) in [6.07, 6.45) is 5.67. The second-order valence-electron chi connectivity index (χ2n) is 6.73. The molecule has 1 aliphatic rings. The van der Waals surface area contributed by atoms with Gasteiger partial charge in [-0.25, -0.2) is 0 Å². The van der Waals surface area contributed by atoms with Crippen molar-refractivity contribution < 1.29 is 9.16 Å². The van der Waals surface area contributed by atoms with E-state index in [-0.39, 0.29) is 0 Å². The van der Waals surface area contributed by atoms with Crippen molar-refractivity contribution in [1.29, 1.82) is 0 Å². The molecule has 0 aromatic rings. The minimum Gasteiger partial charge on any atom is -0.414 e. The monoisotopic (exact) mass is 258 g/mol. The van der Waals surface area contributed by atoms with Gasteiger partial charge in [0.1, 0.15) is 0 Å². The molecule has 0 aromatic carbocycles. The lowest BCUT2D eigenvalue weighted by Gasteiger charge is -2.41. The van der Waals surface area contributed by atoms with Gasteiger partial charge >= 0.3 is 0 Å². The molecule has 1 aliphatic carbocycles. The maximum Gasteiger partial charge on any atom is 0.192 e. The average molecular weight is 258 g/mol. The van der Waals surface area contributed by atoms with Crippen molar-refractivity contribution in [2.75, 3.05) is 6.61 Å². The van der Waals surface area contributed by atoms with E-state index in [0.717, 1.165) is 6.61 Å². The number of hydrogen-bond acceptors (Lipinski definition) is 2. The highest BCUT2D eigenvalue weighted by molar-refractivity contribution is 6.74. The summed E-state index contributed by atoms with van der Waals surface area (Å²) in [5, 5.41) is 0.323. The lowest BCUT2D eigenvalue weighted by molar-refractivity contribution is 0.00572. The zero-order chi connectivity index (χ0) is 13.1. The van der Waals surface area contributed by atoms with E-state index < -0.39 is 8.32 Å². The Morgan fingerprint density at radius 2 is 1.47 bits per heavy atom. The van der Waals surface area contributed by atoms with Crippen molar-refractivity contribution in [3.8, 4) is 0 Å². The molecule has 0 aromatic heterocycles. The van der Waals surface area contributed by atoms with Crippen LogP contribution in [0.15, 0.2) is 0 Å². The molecule has 0 amide bonds. The highest BCUT2D eigenvalue weighted by atomic mass is 28.4. The molecule has 0 atom stereocenters. The van der Waals surface area contributed by atoms with E-state index in [1.54, 1.807) is 0 Å². The normalized spacial score (nSPS) is 27.2. The van der Waals surface area contributed by atoms with Gasteiger partial charge < -0.3 is 9.16 Å². The molecule has 0 radical (unpaired) electrons. The van der Waals surface area contributed by atoms with Gasteiger partial charge in [0, 0.05) is 12.7 Å². The van der Waals surface area contributed by atoms with E-state index in [9.17, 15) is 0 Å². The van der Waals surface area contributed by atoms with E-state index in [4.69, 9.17) is 9.16 Å². The van der Waals surface area contributed by atoms with Crippen LogP contribution in [0, 0.1) is 0 Å². The summed E-state index contributed by atoms with van der Waals surface area (Å²) >= 11 is 0. The van der Waals surface area contributed by atoms with Gasteiger partial charge in [-0.3, -0.25) is 0 Å². The molecule has 0 unspecified atom stereocenters. The first-order valence-electron chi connectivity index (χ1n) is 7.05. The highest BCUT2D eigenvalue weighted by Crippen LogP contribution is 2.39. The SMILES string of the molecule is CCOC1CCC(O[Si](C)(C)C(C)(C)C)CC1. The average Bonchev–Trinajstić information content (AvgIpc) is 2.19. The Morgan fingerprint density at radius 1 is 1.00 bits per heavy atom. The Kier molecular flexibility index (Phi) is 5.23. The van der Waals surface area contributed by atoms with E-state index >= 15 is 0 Å². The maximum absolute atomic E-state index is 6.45. The molecule has 0 saturated heterocycles. The lowest BCUT2D eigenvalue weighted by Crippen LogP contribution is -2.45. The first-order chi connectivity index (χ1) is 7.76. The van der Waals surface area contributed by atoms with Crippen LogP contribution in [0.4, 0.5) is 0 Å². The third-order valence-electron chi connectivity index (χ3n) is 4.29. The molecule has 102 valence electrons. The molecule has 1 fully saturated rings. The van der Waals surface area contributed by atoms with Crippen LogP contribution in [0.1, 0.15) is 53.4 Å². The summed E-state index contributed by atoms with van der Waals surface area (Å²) in [5.41, 5.74) is 0. The second kappa shape index (κ2) is 5.85. The number of ether oxygens (including phenoxy) is 1. The summed E-state index contributed by atoms with van der Waals surface area (Å²) in [5.74, 6) is 0. The zero-order valence-corrected chi connectivity index (χ0v) is 13.5. The number of hydrogen-bond donors (Lipinski definition) is 0. The predicted octanol–water partition coefficient (Wildman–Crippen LogP) is 4.36. The van der Waals surface area contributed by atoms with E-state index in [1.807, 2.05) is 0 Å². The molecule has 17 heavy (non-hydrogen) atoms. The summed E-state index contributed by atoms with van der Waals surface area (Å²) in [4.78, 5) is 0. The van der Waals surface area contributed by atoms with Gasteiger partial charge in [-0.05, 0) is 50.7 Å². The van der Waals surface area contributed by atoms with Gasteiger partial charge in [-0.1, -0.05) is 20.8 Å². The van der Waals surface area contributed by atoms with Crippen LogP contribution in [0.3, 0.4) is 0 Å². The van der Waals surface area contributed by atoms with Gasteiger partial charge in [0.05, 0.1) is 6.10 Å². The van der Waals surface area contributed by atoms with E-state index in [1.165, 1.54) is 25.7 Å². The topological polar surface area (TPSA) is 18.5 Å². The molecule has 1 rings (SSSR count). The quantitative estimate of drug-likeness (QED) is 0.698. The van der Waals surface area contributed by atoms with Crippen molar-refractivity contribution in [3.63, 3.8) is 0 Å². The molecule has 0 N–H and O–H groups in total. The van der Waals surface area contributed by atoms with Crippen LogP contribution in [0.5, 0.6) is 0 Å². The first-order valence-corrected chi connectivity index (χ1v) is 9.96. The van der Waals surface area contributed by atoms with Crippen molar-refractivity contribution >= 4 is 8.32 Å². The Bertz CT molecular complexity index is 225. The Balaban J connectivity index is 2.40. The third kappa shape index (κ3) is 4.38. The van der Waals surface area contributed by atoms with Crippen molar-refractivity contribution in [2.45, 2.75) is 83.7 Å². The second-order valence-corrected chi connectivity index (χ2v) is 11.5. The summed E-state index contributed by atoms with van der Waals surface area (Å²) < 4.78 is 12.1. The van der Waals surface area contributed by atoms with Crippen molar-refractivity contribution in [1.82, 2.24) is 0 Å². The molecule has 0 aliphatic heterocycles. The van der Waals surface area contributed by atoms with Crippen LogP contribution in [-0.2, 0) is 9.16 Å². The summed E-state index contributed by atoms with van der Waals surface area (Å²) in [7, 11) is -1.57. The molecule has 1 saturated carbocycles. The number of rotatable bonds is 4. The van der Waals surface area contributed by atoms with Crippen LogP contribution in [-0.4, -0.2) is 27.1 Å². The third-order valence-corrected chi connectivity index (χ3v) is 8.83. The summed E-state index contributed by atoms with van der Waals surface area (Å²) in [6, 6.07) is 0. The largest absolute Gasteiger partial charge is 0.414 e. The minimum atomic E-state index is -1.57. The smallest absolute Gasteiger partial charge is 0.192 e. The Hall–Kier alpha value is 0.137. The first kappa shape index (κ1) is 15.2.